The summed E-state index contributed by atoms with van der Waals surface area (Å²) in [5, 5.41) is -0.231. The number of hydrogen-bond donors (Lipinski definition) is 0. The Morgan fingerprint density at radius 1 is 1.29 bits per heavy atom. The summed E-state index contributed by atoms with van der Waals surface area (Å²) >= 11 is 5.37. The molecular formula is C11H20ClNO. The summed E-state index contributed by atoms with van der Waals surface area (Å²) in [6, 6.07) is 0. The Kier molecular flexibility index (Phi) is 4.39. The molecule has 3 heteroatoms. The van der Waals surface area contributed by atoms with Gasteiger partial charge in [-0.05, 0) is 42.9 Å². The molecule has 0 aromatic heterocycles. The summed E-state index contributed by atoms with van der Waals surface area (Å²) in [7, 11) is 0. The molecule has 1 saturated heterocycles. The van der Waals surface area contributed by atoms with Gasteiger partial charge in [0.15, 0.2) is 0 Å². The molecule has 0 aromatic carbocycles. The predicted octanol–water partition coefficient (Wildman–Crippen LogP) is 2.65. The zero-order valence-electron chi connectivity index (χ0n) is 9.18. The van der Waals surface area contributed by atoms with Crippen molar-refractivity contribution in [2.45, 2.75) is 39.5 Å². The van der Waals surface area contributed by atoms with Crippen molar-refractivity contribution in [2.75, 3.05) is 19.6 Å². The van der Waals surface area contributed by atoms with Crippen LogP contribution in [0.4, 0.5) is 0 Å². The zero-order chi connectivity index (χ0) is 10.6. The molecule has 1 heterocycles. The normalized spacial score (nSPS) is 22.2. The van der Waals surface area contributed by atoms with Gasteiger partial charge in [0.05, 0.1) is 6.54 Å². The van der Waals surface area contributed by atoms with Crippen LogP contribution in [0.15, 0.2) is 0 Å². The Bertz CT molecular complexity index is 191. The molecule has 1 rings (SSSR count). The van der Waals surface area contributed by atoms with Crippen LogP contribution in [0.25, 0.3) is 0 Å². The number of carbonyl (C=O) groups excluding carboxylic acids is 1. The van der Waals surface area contributed by atoms with E-state index in [9.17, 15) is 4.79 Å². The van der Waals surface area contributed by atoms with Crippen molar-refractivity contribution in [2.24, 2.45) is 5.41 Å². The molecule has 2 nitrogen and oxygen atoms in total. The van der Waals surface area contributed by atoms with Crippen LogP contribution in [-0.4, -0.2) is 29.8 Å². The number of nitrogens with zero attached hydrogens (tertiary/aromatic N) is 1. The molecule has 0 amide bonds. The lowest BCUT2D eigenvalue weighted by Crippen LogP contribution is -2.41. The lowest BCUT2D eigenvalue weighted by molar-refractivity contribution is -0.113. The second kappa shape index (κ2) is 5.13. The zero-order valence-corrected chi connectivity index (χ0v) is 9.94. The first-order chi connectivity index (χ1) is 6.62. The highest BCUT2D eigenvalue weighted by Crippen LogP contribution is 2.37. The van der Waals surface area contributed by atoms with Crippen LogP contribution in [0.2, 0.25) is 0 Å². The Morgan fingerprint density at radius 3 is 2.14 bits per heavy atom. The molecule has 82 valence electrons. The molecule has 14 heavy (non-hydrogen) atoms. The number of halogens is 1. The van der Waals surface area contributed by atoms with Gasteiger partial charge in [0, 0.05) is 0 Å². The Morgan fingerprint density at radius 2 is 1.79 bits per heavy atom. The third-order valence-corrected chi connectivity index (χ3v) is 3.88. The van der Waals surface area contributed by atoms with E-state index >= 15 is 0 Å². The first-order valence-electron chi connectivity index (χ1n) is 5.52. The second-order valence-corrected chi connectivity index (χ2v) is 4.76. The van der Waals surface area contributed by atoms with Crippen molar-refractivity contribution in [3.8, 4) is 0 Å². The topological polar surface area (TPSA) is 20.3 Å². The summed E-state index contributed by atoms with van der Waals surface area (Å²) in [4.78, 5) is 12.9. The van der Waals surface area contributed by atoms with Crippen molar-refractivity contribution in [1.29, 1.82) is 0 Å². The highest BCUT2D eigenvalue weighted by molar-refractivity contribution is 6.64. The third kappa shape index (κ3) is 2.96. The van der Waals surface area contributed by atoms with Gasteiger partial charge in [0.25, 0.3) is 0 Å². The number of likely N-dealkylation sites (tertiary alicyclic amines) is 1. The van der Waals surface area contributed by atoms with Gasteiger partial charge in [0.1, 0.15) is 0 Å². The summed E-state index contributed by atoms with van der Waals surface area (Å²) in [5.41, 5.74) is 0.534. The molecular weight excluding hydrogens is 198 g/mol. The predicted molar refractivity (Wildman–Crippen MR) is 59.5 cm³/mol. The minimum atomic E-state index is -0.231. The first kappa shape index (κ1) is 12.0. The molecule has 1 aliphatic rings. The lowest BCUT2D eigenvalue weighted by atomic mass is 9.74. The first-order valence-corrected chi connectivity index (χ1v) is 5.90. The van der Waals surface area contributed by atoms with Crippen LogP contribution in [0.1, 0.15) is 39.5 Å². The molecule has 0 bridgehead atoms. The minimum absolute atomic E-state index is 0.231. The van der Waals surface area contributed by atoms with Crippen molar-refractivity contribution < 1.29 is 4.79 Å². The molecule has 0 saturated carbocycles. The maximum Gasteiger partial charge on any atom is 0.235 e. The quantitative estimate of drug-likeness (QED) is 0.675. The van der Waals surface area contributed by atoms with Crippen LogP contribution >= 0.6 is 11.6 Å². The molecule has 0 aromatic rings. The fourth-order valence-corrected chi connectivity index (χ4v) is 2.49. The largest absolute Gasteiger partial charge is 0.295 e. The van der Waals surface area contributed by atoms with Crippen molar-refractivity contribution in [3.63, 3.8) is 0 Å². The molecule has 0 aliphatic carbocycles. The standard InChI is InChI=1S/C11H20ClNO/c1-3-11(4-2)5-7-13(8-6-11)9-10(12)14/h3-9H2,1-2H3. The Balaban J connectivity index is 2.40. The van der Waals surface area contributed by atoms with E-state index in [-0.39, 0.29) is 5.24 Å². The van der Waals surface area contributed by atoms with E-state index < -0.39 is 0 Å². The van der Waals surface area contributed by atoms with Crippen LogP contribution in [-0.2, 0) is 4.79 Å². The molecule has 0 N–H and O–H groups in total. The van der Waals surface area contributed by atoms with Gasteiger partial charge in [-0.3, -0.25) is 9.69 Å². The number of piperidine rings is 1. The second-order valence-electron chi connectivity index (χ2n) is 4.34. The highest BCUT2D eigenvalue weighted by Gasteiger charge is 2.31. The van der Waals surface area contributed by atoms with Gasteiger partial charge in [-0.25, -0.2) is 0 Å². The average molecular weight is 218 g/mol. The molecule has 0 atom stereocenters. The molecule has 0 unspecified atom stereocenters. The van der Waals surface area contributed by atoms with Crippen molar-refractivity contribution in [1.82, 2.24) is 4.90 Å². The number of rotatable bonds is 4. The Hall–Kier alpha value is -0.0800. The van der Waals surface area contributed by atoms with E-state index in [1.807, 2.05) is 0 Å². The minimum Gasteiger partial charge on any atom is -0.295 e. The summed E-state index contributed by atoms with van der Waals surface area (Å²) in [6.45, 7) is 7.02. The van der Waals surface area contributed by atoms with Gasteiger partial charge < -0.3 is 0 Å². The Labute approximate surface area is 91.6 Å². The van der Waals surface area contributed by atoms with E-state index in [4.69, 9.17) is 11.6 Å². The monoisotopic (exact) mass is 217 g/mol. The van der Waals surface area contributed by atoms with Crippen LogP contribution in [0.5, 0.6) is 0 Å². The van der Waals surface area contributed by atoms with E-state index in [1.54, 1.807) is 0 Å². The lowest BCUT2D eigenvalue weighted by Gasteiger charge is -2.40. The molecule has 1 aliphatic heterocycles. The van der Waals surface area contributed by atoms with E-state index in [0.29, 0.717) is 12.0 Å². The number of carbonyl (C=O) groups is 1. The maximum atomic E-state index is 10.7. The van der Waals surface area contributed by atoms with Gasteiger partial charge >= 0.3 is 0 Å². The van der Waals surface area contributed by atoms with E-state index in [1.165, 1.54) is 25.7 Å². The van der Waals surface area contributed by atoms with E-state index in [2.05, 4.69) is 18.7 Å². The van der Waals surface area contributed by atoms with Gasteiger partial charge in [0.2, 0.25) is 5.24 Å². The maximum absolute atomic E-state index is 10.7. The highest BCUT2D eigenvalue weighted by atomic mass is 35.5. The molecule has 0 radical (unpaired) electrons. The van der Waals surface area contributed by atoms with Crippen LogP contribution in [0, 0.1) is 5.41 Å². The fraction of sp³-hybridized carbons (Fsp3) is 0.909. The van der Waals surface area contributed by atoms with Crippen molar-refractivity contribution >= 4 is 16.8 Å². The van der Waals surface area contributed by atoms with Gasteiger partial charge in [-0.1, -0.05) is 26.7 Å². The fourth-order valence-electron chi connectivity index (χ4n) is 2.32. The van der Waals surface area contributed by atoms with Crippen LogP contribution in [0.3, 0.4) is 0 Å². The third-order valence-electron chi connectivity index (χ3n) is 3.76. The van der Waals surface area contributed by atoms with E-state index in [0.717, 1.165) is 13.1 Å². The SMILES string of the molecule is CCC1(CC)CCN(CC(=O)Cl)CC1. The smallest absolute Gasteiger partial charge is 0.235 e. The molecule has 1 fully saturated rings. The number of hydrogen-bond acceptors (Lipinski definition) is 2. The van der Waals surface area contributed by atoms with Gasteiger partial charge in [-0.2, -0.15) is 0 Å². The summed E-state index contributed by atoms with van der Waals surface area (Å²) in [6.07, 6.45) is 4.94. The van der Waals surface area contributed by atoms with Crippen LogP contribution < -0.4 is 0 Å². The molecule has 0 spiro atoms. The average Bonchev–Trinajstić information content (AvgIpc) is 2.19. The van der Waals surface area contributed by atoms with Crippen molar-refractivity contribution in [3.05, 3.63) is 0 Å². The van der Waals surface area contributed by atoms with Gasteiger partial charge in [-0.15, -0.1) is 0 Å². The summed E-state index contributed by atoms with van der Waals surface area (Å²) < 4.78 is 0. The summed E-state index contributed by atoms with van der Waals surface area (Å²) in [5.74, 6) is 0.